The van der Waals surface area contributed by atoms with Crippen LogP contribution < -0.4 is 11.0 Å². The Morgan fingerprint density at radius 3 is 2.71 bits per heavy atom. The summed E-state index contributed by atoms with van der Waals surface area (Å²) in [6, 6.07) is 0. The van der Waals surface area contributed by atoms with Crippen LogP contribution in [0.25, 0.3) is 0 Å². The minimum absolute atomic E-state index is 0.0248. The van der Waals surface area contributed by atoms with E-state index in [1.165, 1.54) is 9.13 Å². The van der Waals surface area contributed by atoms with Crippen molar-refractivity contribution in [2.45, 2.75) is 19.9 Å². The summed E-state index contributed by atoms with van der Waals surface area (Å²) in [5.41, 5.74) is -0.0886. The molecule has 5 heteroatoms. The van der Waals surface area contributed by atoms with Gasteiger partial charge in [0.05, 0.1) is 0 Å². The lowest BCUT2D eigenvalue weighted by molar-refractivity contribution is -0.121. The first-order valence-corrected chi connectivity index (χ1v) is 4.63. The molecule has 0 aromatic carbocycles. The SMILES string of the molecule is CCNC(=O)CCn1ccn(C)c1=O. The lowest BCUT2D eigenvalue weighted by Crippen LogP contribution is -2.27. The van der Waals surface area contributed by atoms with Crippen molar-refractivity contribution in [3.63, 3.8) is 0 Å². The molecule has 1 aromatic heterocycles. The van der Waals surface area contributed by atoms with Crippen LogP contribution in [0, 0.1) is 0 Å². The van der Waals surface area contributed by atoms with E-state index in [4.69, 9.17) is 0 Å². The van der Waals surface area contributed by atoms with E-state index in [9.17, 15) is 9.59 Å². The number of imidazole rings is 1. The third-order valence-electron chi connectivity index (χ3n) is 1.97. The Morgan fingerprint density at radius 1 is 1.50 bits per heavy atom. The summed E-state index contributed by atoms with van der Waals surface area (Å²) in [4.78, 5) is 22.4. The average Bonchev–Trinajstić information content (AvgIpc) is 2.46. The predicted molar refractivity (Wildman–Crippen MR) is 53.0 cm³/mol. The number of rotatable bonds is 4. The van der Waals surface area contributed by atoms with Gasteiger partial charge in [-0.15, -0.1) is 0 Å². The molecule has 0 unspecified atom stereocenters. The standard InChI is InChI=1S/C9H15N3O2/c1-3-10-8(13)4-5-12-7-6-11(2)9(12)14/h6-7H,3-5H2,1-2H3,(H,10,13). The van der Waals surface area contributed by atoms with E-state index >= 15 is 0 Å². The maximum atomic E-state index is 11.3. The molecule has 0 spiro atoms. The maximum Gasteiger partial charge on any atom is 0.327 e. The van der Waals surface area contributed by atoms with E-state index in [1.54, 1.807) is 19.4 Å². The molecular formula is C9H15N3O2. The number of amides is 1. The second-order valence-corrected chi connectivity index (χ2v) is 3.09. The number of carbonyl (C=O) groups excluding carboxylic acids is 1. The summed E-state index contributed by atoms with van der Waals surface area (Å²) >= 11 is 0. The van der Waals surface area contributed by atoms with E-state index in [-0.39, 0.29) is 11.6 Å². The molecular weight excluding hydrogens is 182 g/mol. The smallest absolute Gasteiger partial charge is 0.327 e. The van der Waals surface area contributed by atoms with Gasteiger partial charge in [0.15, 0.2) is 0 Å². The number of hydrogen-bond acceptors (Lipinski definition) is 2. The van der Waals surface area contributed by atoms with Crippen LogP contribution in [-0.2, 0) is 18.4 Å². The number of nitrogens with one attached hydrogen (secondary N) is 1. The van der Waals surface area contributed by atoms with Crippen molar-refractivity contribution in [2.24, 2.45) is 7.05 Å². The fourth-order valence-corrected chi connectivity index (χ4v) is 1.19. The molecule has 0 aliphatic rings. The molecule has 14 heavy (non-hydrogen) atoms. The lowest BCUT2D eigenvalue weighted by atomic mass is 10.4. The first-order valence-electron chi connectivity index (χ1n) is 4.63. The minimum Gasteiger partial charge on any atom is -0.356 e. The van der Waals surface area contributed by atoms with Crippen LogP contribution in [0.5, 0.6) is 0 Å². The van der Waals surface area contributed by atoms with Crippen LogP contribution in [0.1, 0.15) is 13.3 Å². The Kier molecular flexibility index (Phi) is 3.50. The largest absolute Gasteiger partial charge is 0.356 e. The third kappa shape index (κ3) is 2.48. The van der Waals surface area contributed by atoms with Crippen molar-refractivity contribution in [3.05, 3.63) is 22.9 Å². The highest BCUT2D eigenvalue weighted by Crippen LogP contribution is 1.87. The highest BCUT2D eigenvalue weighted by Gasteiger charge is 2.02. The number of aryl methyl sites for hydroxylation is 2. The van der Waals surface area contributed by atoms with Crippen LogP contribution in [0.3, 0.4) is 0 Å². The van der Waals surface area contributed by atoms with Crippen molar-refractivity contribution >= 4 is 5.91 Å². The molecule has 1 aromatic rings. The predicted octanol–water partition coefficient (Wildman–Crippen LogP) is -0.287. The summed E-state index contributed by atoms with van der Waals surface area (Å²) in [6.45, 7) is 2.93. The van der Waals surface area contributed by atoms with Crippen LogP contribution in [0.4, 0.5) is 0 Å². The first kappa shape index (κ1) is 10.6. The monoisotopic (exact) mass is 197 g/mol. The average molecular weight is 197 g/mol. The van der Waals surface area contributed by atoms with Gasteiger partial charge >= 0.3 is 5.69 Å². The van der Waals surface area contributed by atoms with Crippen LogP contribution in [0.2, 0.25) is 0 Å². The van der Waals surface area contributed by atoms with E-state index in [0.29, 0.717) is 19.5 Å². The Balaban J connectivity index is 2.50. The normalized spacial score (nSPS) is 10.1. The van der Waals surface area contributed by atoms with Gasteiger partial charge in [-0.05, 0) is 6.92 Å². The molecule has 0 bridgehead atoms. The van der Waals surface area contributed by atoms with E-state index in [0.717, 1.165) is 0 Å². The van der Waals surface area contributed by atoms with Crippen molar-refractivity contribution in [3.8, 4) is 0 Å². The summed E-state index contributed by atoms with van der Waals surface area (Å²) < 4.78 is 3.01. The van der Waals surface area contributed by atoms with Gasteiger partial charge in [-0.2, -0.15) is 0 Å². The summed E-state index contributed by atoms with van der Waals surface area (Å²) in [7, 11) is 1.69. The van der Waals surface area contributed by atoms with Gasteiger partial charge < -0.3 is 9.88 Å². The highest BCUT2D eigenvalue weighted by atomic mass is 16.2. The molecule has 1 N–H and O–H groups in total. The Morgan fingerprint density at radius 2 is 2.21 bits per heavy atom. The van der Waals surface area contributed by atoms with Gasteiger partial charge in [0, 0.05) is 39.0 Å². The number of aromatic nitrogens is 2. The topological polar surface area (TPSA) is 56.0 Å². The molecule has 0 fully saturated rings. The molecule has 0 aliphatic heterocycles. The number of carbonyl (C=O) groups is 1. The van der Waals surface area contributed by atoms with Crippen LogP contribution in [0.15, 0.2) is 17.2 Å². The van der Waals surface area contributed by atoms with Crippen molar-refractivity contribution in [1.82, 2.24) is 14.5 Å². The van der Waals surface area contributed by atoms with Gasteiger partial charge in [-0.25, -0.2) is 4.79 Å². The van der Waals surface area contributed by atoms with Crippen molar-refractivity contribution in [2.75, 3.05) is 6.54 Å². The quantitative estimate of drug-likeness (QED) is 0.721. The molecule has 5 nitrogen and oxygen atoms in total. The van der Waals surface area contributed by atoms with Crippen molar-refractivity contribution in [1.29, 1.82) is 0 Å². The first-order chi connectivity index (χ1) is 6.65. The van der Waals surface area contributed by atoms with Crippen LogP contribution in [-0.4, -0.2) is 21.6 Å². The molecule has 0 aliphatic carbocycles. The van der Waals surface area contributed by atoms with Crippen molar-refractivity contribution < 1.29 is 4.79 Å². The van der Waals surface area contributed by atoms with Gasteiger partial charge in [-0.3, -0.25) is 9.36 Å². The minimum atomic E-state index is -0.0886. The van der Waals surface area contributed by atoms with E-state index in [2.05, 4.69) is 5.32 Å². The number of hydrogen-bond donors (Lipinski definition) is 1. The molecule has 1 heterocycles. The molecule has 0 radical (unpaired) electrons. The Labute approximate surface area is 82.3 Å². The summed E-state index contributed by atoms with van der Waals surface area (Å²) in [5, 5.41) is 2.68. The molecule has 1 rings (SSSR count). The van der Waals surface area contributed by atoms with E-state index < -0.39 is 0 Å². The molecule has 0 saturated carbocycles. The van der Waals surface area contributed by atoms with Crippen LogP contribution >= 0.6 is 0 Å². The van der Waals surface area contributed by atoms with Gasteiger partial charge in [0.25, 0.3) is 0 Å². The molecule has 1 amide bonds. The zero-order valence-corrected chi connectivity index (χ0v) is 8.49. The summed E-state index contributed by atoms with van der Waals surface area (Å²) in [6.07, 6.45) is 3.71. The Bertz CT molecular complexity index is 364. The molecule has 78 valence electrons. The maximum absolute atomic E-state index is 11.3. The van der Waals surface area contributed by atoms with E-state index in [1.807, 2.05) is 6.92 Å². The lowest BCUT2D eigenvalue weighted by Gasteiger charge is -2.01. The number of nitrogens with zero attached hydrogens (tertiary/aromatic N) is 2. The molecule has 0 saturated heterocycles. The second-order valence-electron chi connectivity index (χ2n) is 3.09. The zero-order chi connectivity index (χ0) is 10.6. The zero-order valence-electron chi connectivity index (χ0n) is 8.49. The second kappa shape index (κ2) is 4.64. The van der Waals surface area contributed by atoms with Gasteiger partial charge in [0.1, 0.15) is 0 Å². The molecule has 0 atom stereocenters. The van der Waals surface area contributed by atoms with Gasteiger partial charge in [0.2, 0.25) is 5.91 Å². The summed E-state index contributed by atoms with van der Waals surface area (Å²) in [5.74, 6) is -0.0248. The fraction of sp³-hybridized carbons (Fsp3) is 0.556. The highest BCUT2D eigenvalue weighted by molar-refractivity contribution is 5.75. The Hall–Kier alpha value is -1.52. The third-order valence-corrected chi connectivity index (χ3v) is 1.97. The van der Waals surface area contributed by atoms with Gasteiger partial charge in [-0.1, -0.05) is 0 Å². The fourth-order valence-electron chi connectivity index (χ4n) is 1.19.